The molecule has 7 heteroatoms. The molecule has 0 amide bonds. The minimum absolute atomic E-state index is 0.0588. The van der Waals surface area contributed by atoms with Crippen LogP contribution in [0.3, 0.4) is 0 Å². The summed E-state index contributed by atoms with van der Waals surface area (Å²) in [4.78, 5) is 18.4. The Labute approximate surface area is 186 Å². The van der Waals surface area contributed by atoms with Gasteiger partial charge in [0.25, 0.3) is 0 Å². The van der Waals surface area contributed by atoms with Gasteiger partial charge in [-0.3, -0.25) is 9.88 Å². The second kappa shape index (κ2) is 8.40. The third kappa shape index (κ3) is 4.70. The number of nitrogens with zero attached hydrogens (tertiary/aromatic N) is 2. The van der Waals surface area contributed by atoms with Crippen LogP contribution in [0.4, 0.5) is 4.39 Å². The number of hydrogen-bond donors (Lipinski definition) is 1. The Morgan fingerprint density at radius 2 is 1.97 bits per heavy atom. The minimum Gasteiger partial charge on any atom is -0.489 e. The van der Waals surface area contributed by atoms with E-state index in [4.69, 9.17) is 21.3 Å². The maximum atomic E-state index is 14.3. The first kappa shape index (κ1) is 20.7. The Kier molecular flexibility index (Phi) is 5.61. The van der Waals surface area contributed by atoms with Crippen LogP contribution in [-0.2, 0) is 6.54 Å². The summed E-state index contributed by atoms with van der Waals surface area (Å²) in [7, 11) is 0. The van der Waals surface area contributed by atoms with Crippen LogP contribution in [0, 0.1) is 5.82 Å². The molecule has 1 atom stereocenters. The molecule has 1 N–H and O–H groups in total. The fourth-order valence-electron chi connectivity index (χ4n) is 4.44. The summed E-state index contributed by atoms with van der Waals surface area (Å²) in [6, 6.07) is 6.66. The molecule has 5 nitrogen and oxygen atoms in total. The van der Waals surface area contributed by atoms with E-state index < -0.39 is 11.8 Å². The highest BCUT2D eigenvalue weighted by Crippen LogP contribution is 2.45. The van der Waals surface area contributed by atoms with E-state index in [0.717, 1.165) is 80.1 Å². The van der Waals surface area contributed by atoms with Crippen LogP contribution >= 0.6 is 11.6 Å². The number of likely N-dealkylation sites (tertiary alicyclic amines) is 1. The van der Waals surface area contributed by atoms with Crippen LogP contribution in [0.25, 0.3) is 0 Å². The van der Waals surface area contributed by atoms with Crippen LogP contribution in [0.15, 0.2) is 24.3 Å². The Morgan fingerprint density at radius 3 is 2.68 bits per heavy atom. The van der Waals surface area contributed by atoms with Gasteiger partial charge in [-0.25, -0.2) is 9.18 Å². The molecule has 0 spiro atoms. The molecule has 3 aliphatic rings. The average Bonchev–Trinajstić information content (AvgIpc) is 3.62. The number of rotatable bonds is 7. The molecule has 0 bridgehead atoms. The number of piperidine rings is 1. The standard InChI is InChI=1S/C24H26ClFN2O3/c25-20-8-7-16(27-23(20)15-5-6-15)12-28-9-1-2-17(13-28)31-22-11-21(26)19(24(29)30)10-18(22)14-3-4-14/h7-8,10-11,14-15,17H,1-6,9,12-13H2,(H,29,30). The van der Waals surface area contributed by atoms with E-state index in [1.807, 2.05) is 12.1 Å². The van der Waals surface area contributed by atoms with Crippen molar-refractivity contribution in [3.8, 4) is 5.75 Å². The Morgan fingerprint density at radius 1 is 1.19 bits per heavy atom. The summed E-state index contributed by atoms with van der Waals surface area (Å²) in [5.41, 5.74) is 2.58. The molecule has 31 heavy (non-hydrogen) atoms. The molecule has 0 radical (unpaired) electrons. The molecular weight excluding hydrogens is 419 g/mol. The predicted molar refractivity (Wildman–Crippen MR) is 115 cm³/mol. The van der Waals surface area contributed by atoms with Crippen molar-refractivity contribution in [2.24, 2.45) is 0 Å². The molecule has 1 saturated heterocycles. The highest BCUT2D eigenvalue weighted by atomic mass is 35.5. The van der Waals surface area contributed by atoms with Crippen molar-refractivity contribution in [2.75, 3.05) is 13.1 Å². The SMILES string of the molecule is O=C(O)c1cc(C2CC2)c(OC2CCCN(Cc3ccc(Cl)c(C4CC4)n3)C2)cc1F. The molecule has 1 aromatic heterocycles. The van der Waals surface area contributed by atoms with Gasteiger partial charge in [-0.05, 0) is 74.8 Å². The number of hydrogen-bond acceptors (Lipinski definition) is 4. The minimum atomic E-state index is -1.24. The zero-order valence-corrected chi connectivity index (χ0v) is 18.1. The lowest BCUT2D eigenvalue weighted by molar-refractivity contribution is 0.0690. The van der Waals surface area contributed by atoms with Gasteiger partial charge in [0, 0.05) is 25.1 Å². The van der Waals surface area contributed by atoms with Crippen molar-refractivity contribution in [3.05, 3.63) is 57.6 Å². The predicted octanol–water partition coefficient (Wildman–Crippen LogP) is 5.37. The topological polar surface area (TPSA) is 62.7 Å². The number of ether oxygens (including phenoxy) is 1. The third-order valence-electron chi connectivity index (χ3n) is 6.38. The summed E-state index contributed by atoms with van der Waals surface area (Å²) in [5.74, 6) is -0.701. The van der Waals surface area contributed by atoms with Gasteiger partial charge in [-0.15, -0.1) is 0 Å². The van der Waals surface area contributed by atoms with Gasteiger partial charge in [-0.2, -0.15) is 0 Å². The van der Waals surface area contributed by atoms with E-state index in [2.05, 4.69) is 4.90 Å². The lowest BCUT2D eigenvalue weighted by Gasteiger charge is -2.33. The van der Waals surface area contributed by atoms with Gasteiger partial charge in [0.05, 0.1) is 22.0 Å². The van der Waals surface area contributed by atoms with Gasteiger partial charge in [-0.1, -0.05) is 11.6 Å². The molecule has 1 aromatic carbocycles. The van der Waals surface area contributed by atoms with Gasteiger partial charge in [0.1, 0.15) is 17.7 Å². The van der Waals surface area contributed by atoms with Gasteiger partial charge >= 0.3 is 5.97 Å². The van der Waals surface area contributed by atoms with Crippen molar-refractivity contribution in [1.29, 1.82) is 0 Å². The van der Waals surface area contributed by atoms with Gasteiger partial charge in [0.15, 0.2) is 0 Å². The zero-order chi connectivity index (χ0) is 21.5. The summed E-state index contributed by atoms with van der Waals surface area (Å²) in [6.07, 6.45) is 6.13. The maximum Gasteiger partial charge on any atom is 0.338 e. The van der Waals surface area contributed by atoms with Crippen molar-refractivity contribution < 1.29 is 19.0 Å². The van der Waals surface area contributed by atoms with Crippen LogP contribution in [0.2, 0.25) is 5.02 Å². The molecule has 1 aliphatic heterocycles. The van der Waals surface area contributed by atoms with E-state index in [0.29, 0.717) is 11.7 Å². The number of carboxylic acids is 1. The molecule has 2 aliphatic carbocycles. The molecule has 5 rings (SSSR count). The normalized spacial score (nSPS) is 21.8. The van der Waals surface area contributed by atoms with Crippen molar-refractivity contribution >= 4 is 17.6 Å². The second-order valence-corrected chi connectivity index (χ2v) is 9.42. The highest BCUT2D eigenvalue weighted by molar-refractivity contribution is 6.31. The Balaban J connectivity index is 1.29. The number of aromatic carboxylic acids is 1. The molecule has 2 heterocycles. The lowest BCUT2D eigenvalue weighted by Crippen LogP contribution is -2.41. The Hall–Kier alpha value is -2.18. The molecule has 1 unspecified atom stereocenters. The van der Waals surface area contributed by atoms with Crippen LogP contribution in [0.5, 0.6) is 5.75 Å². The average molecular weight is 445 g/mol. The monoisotopic (exact) mass is 444 g/mol. The summed E-state index contributed by atoms with van der Waals surface area (Å²) in [6.45, 7) is 2.43. The first-order valence-electron chi connectivity index (χ1n) is 11.1. The molecule has 2 aromatic rings. The van der Waals surface area contributed by atoms with Crippen LogP contribution in [0.1, 0.15) is 77.7 Å². The molecule has 2 saturated carbocycles. The number of pyridine rings is 1. The number of benzene rings is 1. The van der Waals surface area contributed by atoms with Crippen molar-refractivity contribution in [2.45, 2.75) is 63.0 Å². The van der Waals surface area contributed by atoms with E-state index in [9.17, 15) is 14.3 Å². The highest BCUT2D eigenvalue weighted by Gasteiger charge is 2.31. The van der Waals surface area contributed by atoms with E-state index in [1.54, 1.807) is 0 Å². The number of carbonyl (C=O) groups is 1. The fraction of sp³-hybridized carbons (Fsp3) is 0.500. The first-order valence-corrected chi connectivity index (χ1v) is 11.5. The largest absolute Gasteiger partial charge is 0.489 e. The third-order valence-corrected chi connectivity index (χ3v) is 6.70. The smallest absolute Gasteiger partial charge is 0.338 e. The summed E-state index contributed by atoms with van der Waals surface area (Å²) in [5, 5.41) is 10.0. The second-order valence-electron chi connectivity index (χ2n) is 9.01. The zero-order valence-electron chi connectivity index (χ0n) is 17.3. The van der Waals surface area contributed by atoms with Crippen LogP contribution < -0.4 is 4.74 Å². The number of aromatic nitrogens is 1. The molecular formula is C24H26ClFN2O3. The number of carboxylic acid groups (broad SMARTS) is 1. The van der Waals surface area contributed by atoms with Crippen molar-refractivity contribution in [1.82, 2.24) is 9.88 Å². The van der Waals surface area contributed by atoms with E-state index in [1.165, 1.54) is 12.1 Å². The Bertz CT molecular complexity index is 1010. The first-order chi connectivity index (χ1) is 15.0. The van der Waals surface area contributed by atoms with Gasteiger partial charge in [0.2, 0.25) is 0 Å². The number of halogens is 2. The van der Waals surface area contributed by atoms with Crippen molar-refractivity contribution in [3.63, 3.8) is 0 Å². The lowest BCUT2D eigenvalue weighted by atomic mass is 10.0. The molecule has 164 valence electrons. The summed E-state index contributed by atoms with van der Waals surface area (Å²) < 4.78 is 20.6. The summed E-state index contributed by atoms with van der Waals surface area (Å²) >= 11 is 6.31. The van der Waals surface area contributed by atoms with Crippen LogP contribution in [-0.4, -0.2) is 40.2 Å². The van der Waals surface area contributed by atoms with E-state index in [-0.39, 0.29) is 17.6 Å². The fourth-order valence-corrected chi connectivity index (χ4v) is 4.70. The van der Waals surface area contributed by atoms with E-state index >= 15 is 0 Å². The molecule has 3 fully saturated rings. The maximum absolute atomic E-state index is 14.3. The van der Waals surface area contributed by atoms with Gasteiger partial charge < -0.3 is 9.84 Å². The quantitative estimate of drug-likeness (QED) is 0.622.